The van der Waals surface area contributed by atoms with Crippen molar-refractivity contribution in [3.8, 4) is 11.1 Å². The molecule has 3 aromatic rings. The van der Waals surface area contributed by atoms with Gasteiger partial charge in [-0.15, -0.1) is 0 Å². The summed E-state index contributed by atoms with van der Waals surface area (Å²) >= 11 is 0. The average molecular weight is 412 g/mol. The van der Waals surface area contributed by atoms with Gasteiger partial charge in [-0.2, -0.15) is 5.10 Å². The highest BCUT2D eigenvalue weighted by atomic mass is 19.3. The number of alkyl halides is 2. The molecule has 1 atom stereocenters. The van der Waals surface area contributed by atoms with Crippen LogP contribution in [0.3, 0.4) is 0 Å². The molecule has 1 saturated heterocycles. The minimum atomic E-state index is -2.65. The maximum absolute atomic E-state index is 12.9. The Morgan fingerprint density at radius 3 is 2.87 bits per heavy atom. The number of carbonyl (C=O) groups excluding carboxylic acids is 1. The van der Waals surface area contributed by atoms with E-state index in [9.17, 15) is 13.6 Å². The molecule has 1 aromatic carbocycles. The van der Waals surface area contributed by atoms with Gasteiger partial charge in [-0.3, -0.25) is 9.48 Å². The topological polar surface area (TPSA) is 84.7 Å². The van der Waals surface area contributed by atoms with Crippen molar-refractivity contribution in [3.05, 3.63) is 54.1 Å². The molecule has 1 fully saturated rings. The molecular weight excluding hydrogens is 390 g/mol. The molecule has 2 N–H and O–H groups in total. The number of hydrogen-bond acceptors (Lipinski definition) is 5. The summed E-state index contributed by atoms with van der Waals surface area (Å²) in [5.74, 6) is 0.184. The number of hydrogen-bond donors (Lipinski definition) is 2. The van der Waals surface area contributed by atoms with Crippen LogP contribution in [0.4, 0.5) is 20.4 Å². The van der Waals surface area contributed by atoms with E-state index in [-0.39, 0.29) is 23.0 Å². The van der Waals surface area contributed by atoms with Gasteiger partial charge in [-0.25, -0.2) is 18.7 Å². The first-order chi connectivity index (χ1) is 14.3. The molecule has 0 saturated carbocycles. The highest BCUT2D eigenvalue weighted by Gasteiger charge is 2.34. The molecule has 0 unspecified atom stereocenters. The number of nitrogens with zero attached hydrogens (tertiary/aromatic N) is 4. The summed E-state index contributed by atoms with van der Waals surface area (Å²) in [4.78, 5) is 19.4. The fourth-order valence-corrected chi connectivity index (χ4v) is 3.63. The summed E-state index contributed by atoms with van der Waals surface area (Å²) in [6, 6.07) is 7.00. The van der Waals surface area contributed by atoms with Crippen LogP contribution in [0.5, 0.6) is 0 Å². The van der Waals surface area contributed by atoms with Gasteiger partial charge in [0.2, 0.25) is 11.9 Å². The zero-order valence-corrected chi connectivity index (χ0v) is 16.7. The van der Waals surface area contributed by atoms with E-state index >= 15 is 0 Å². The van der Waals surface area contributed by atoms with Crippen LogP contribution in [0.1, 0.15) is 31.0 Å². The molecule has 30 heavy (non-hydrogen) atoms. The van der Waals surface area contributed by atoms with Crippen molar-refractivity contribution in [2.45, 2.75) is 33.2 Å². The van der Waals surface area contributed by atoms with Crippen molar-refractivity contribution in [3.63, 3.8) is 0 Å². The molecular formula is C21H22F2N6O. The van der Waals surface area contributed by atoms with Gasteiger partial charge in [-0.05, 0) is 36.2 Å². The van der Waals surface area contributed by atoms with Gasteiger partial charge in [0.05, 0.1) is 6.20 Å². The SMILES string of the molecule is Cc1cc(Nc2nccc(C(F)F)n2)cc(-c2cnn(C[C@@]3(C)CNC(=O)C3)c2)c1. The fraction of sp³-hybridized carbons (Fsp3) is 0.333. The number of anilines is 2. The summed E-state index contributed by atoms with van der Waals surface area (Å²) in [6.45, 7) is 5.29. The first kappa shape index (κ1) is 19.9. The molecule has 0 bridgehead atoms. The van der Waals surface area contributed by atoms with Gasteiger partial charge < -0.3 is 10.6 Å². The van der Waals surface area contributed by atoms with Crippen LogP contribution in [0.15, 0.2) is 42.9 Å². The summed E-state index contributed by atoms with van der Waals surface area (Å²) < 4.78 is 27.6. The van der Waals surface area contributed by atoms with E-state index in [4.69, 9.17) is 0 Å². The van der Waals surface area contributed by atoms with Crippen LogP contribution in [-0.4, -0.2) is 32.2 Å². The second kappa shape index (κ2) is 7.81. The standard InChI is InChI=1S/C21H22F2N6O/c1-13-5-14(7-16(6-13)27-20-24-4-3-17(28-20)19(22)23)15-9-26-29(10-15)12-21(2)8-18(30)25-11-21/h3-7,9-10,19H,8,11-12H2,1-2H3,(H,25,30)(H,24,27,28)/t21-/m1/s1. The Morgan fingerprint density at radius 2 is 2.13 bits per heavy atom. The quantitative estimate of drug-likeness (QED) is 0.642. The van der Waals surface area contributed by atoms with Crippen molar-refractivity contribution in [2.24, 2.45) is 5.41 Å². The van der Waals surface area contributed by atoms with E-state index in [2.05, 4.69) is 32.6 Å². The molecule has 7 nitrogen and oxygen atoms in total. The third kappa shape index (κ3) is 4.45. The van der Waals surface area contributed by atoms with Gasteiger partial charge in [0.1, 0.15) is 5.69 Å². The third-order valence-corrected chi connectivity index (χ3v) is 5.04. The summed E-state index contributed by atoms with van der Waals surface area (Å²) in [7, 11) is 0. The molecule has 0 aliphatic carbocycles. The minimum absolute atomic E-state index is 0.0670. The Hall–Kier alpha value is -3.36. The molecule has 9 heteroatoms. The van der Waals surface area contributed by atoms with E-state index < -0.39 is 6.43 Å². The minimum Gasteiger partial charge on any atom is -0.355 e. The molecule has 1 aliphatic heterocycles. The van der Waals surface area contributed by atoms with Crippen molar-refractivity contribution < 1.29 is 13.6 Å². The van der Waals surface area contributed by atoms with Gasteiger partial charge in [-0.1, -0.05) is 13.0 Å². The van der Waals surface area contributed by atoms with E-state index in [1.165, 1.54) is 12.3 Å². The van der Waals surface area contributed by atoms with Gasteiger partial charge >= 0.3 is 0 Å². The molecule has 3 heterocycles. The number of rotatable bonds is 6. The lowest BCUT2D eigenvalue weighted by Crippen LogP contribution is -2.26. The van der Waals surface area contributed by atoms with Crippen molar-refractivity contribution in [2.75, 3.05) is 11.9 Å². The monoisotopic (exact) mass is 412 g/mol. The number of amides is 1. The van der Waals surface area contributed by atoms with Crippen LogP contribution in [0, 0.1) is 12.3 Å². The fourth-order valence-electron chi connectivity index (χ4n) is 3.63. The number of aromatic nitrogens is 4. The van der Waals surface area contributed by atoms with E-state index in [1.54, 1.807) is 6.20 Å². The van der Waals surface area contributed by atoms with Crippen LogP contribution in [0.25, 0.3) is 11.1 Å². The predicted molar refractivity (Wildman–Crippen MR) is 108 cm³/mol. The molecule has 0 radical (unpaired) electrons. The van der Waals surface area contributed by atoms with E-state index in [0.29, 0.717) is 25.2 Å². The van der Waals surface area contributed by atoms with E-state index in [0.717, 1.165) is 16.7 Å². The van der Waals surface area contributed by atoms with Crippen LogP contribution < -0.4 is 10.6 Å². The summed E-state index contributed by atoms with van der Waals surface area (Å²) in [6.07, 6.45) is 2.86. The Labute approximate surface area is 172 Å². The zero-order valence-electron chi connectivity index (χ0n) is 16.7. The molecule has 156 valence electrons. The van der Waals surface area contributed by atoms with Gasteiger partial charge in [0.15, 0.2) is 0 Å². The Morgan fingerprint density at radius 1 is 1.30 bits per heavy atom. The number of aryl methyl sites for hydroxylation is 1. The number of nitrogens with one attached hydrogen (secondary N) is 2. The number of benzene rings is 1. The molecule has 1 amide bonds. The lowest BCUT2D eigenvalue weighted by molar-refractivity contribution is -0.119. The predicted octanol–water partition coefficient (Wildman–Crippen LogP) is 3.86. The van der Waals surface area contributed by atoms with Crippen LogP contribution >= 0.6 is 0 Å². The summed E-state index contributed by atoms with van der Waals surface area (Å²) in [5.41, 5.74) is 3.05. The Bertz CT molecular complexity index is 1080. The van der Waals surface area contributed by atoms with Gasteiger partial charge in [0.25, 0.3) is 6.43 Å². The maximum atomic E-state index is 12.9. The molecule has 4 rings (SSSR count). The van der Waals surface area contributed by atoms with Crippen molar-refractivity contribution in [1.29, 1.82) is 0 Å². The third-order valence-electron chi connectivity index (χ3n) is 5.04. The zero-order chi connectivity index (χ0) is 21.3. The van der Waals surface area contributed by atoms with Crippen LogP contribution in [-0.2, 0) is 11.3 Å². The molecule has 2 aromatic heterocycles. The first-order valence-electron chi connectivity index (χ1n) is 9.59. The van der Waals surface area contributed by atoms with Gasteiger partial charge in [0, 0.05) is 48.6 Å². The average Bonchev–Trinajstić information content (AvgIpc) is 3.27. The molecule has 0 spiro atoms. The molecule has 1 aliphatic rings. The van der Waals surface area contributed by atoms with Crippen molar-refractivity contribution in [1.82, 2.24) is 25.1 Å². The first-order valence-corrected chi connectivity index (χ1v) is 9.59. The number of halogens is 2. The van der Waals surface area contributed by atoms with Crippen LogP contribution in [0.2, 0.25) is 0 Å². The second-order valence-electron chi connectivity index (χ2n) is 8.01. The van der Waals surface area contributed by atoms with E-state index in [1.807, 2.05) is 36.0 Å². The maximum Gasteiger partial charge on any atom is 0.280 e. The summed E-state index contributed by atoms with van der Waals surface area (Å²) in [5, 5.41) is 10.3. The Balaban J connectivity index is 1.54. The Kier molecular flexibility index (Phi) is 5.19. The second-order valence-corrected chi connectivity index (χ2v) is 8.01. The smallest absolute Gasteiger partial charge is 0.280 e. The largest absolute Gasteiger partial charge is 0.355 e. The highest BCUT2D eigenvalue weighted by Crippen LogP contribution is 2.30. The number of carbonyl (C=O) groups is 1. The highest BCUT2D eigenvalue weighted by molar-refractivity contribution is 5.79. The lowest BCUT2D eigenvalue weighted by atomic mass is 9.90. The lowest BCUT2D eigenvalue weighted by Gasteiger charge is -2.20. The normalized spacial score (nSPS) is 18.6. The van der Waals surface area contributed by atoms with Crippen molar-refractivity contribution >= 4 is 17.5 Å².